The van der Waals surface area contributed by atoms with Gasteiger partial charge in [0.2, 0.25) is 11.8 Å². The van der Waals surface area contributed by atoms with Crippen molar-refractivity contribution in [1.29, 1.82) is 0 Å². The Morgan fingerprint density at radius 1 is 1.29 bits per heavy atom. The average Bonchev–Trinajstić information content (AvgIpc) is 3.08. The third-order valence-corrected chi connectivity index (χ3v) is 4.10. The molecule has 0 radical (unpaired) electrons. The largest absolute Gasteiger partial charge is 0.354 e. The zero-order chi connectivity index (χ0) is 16.9. The average molecular weight is 324 g/mol. The predicted octanol–water partition coefficient (Wildman–Crippen LogP) is 1.96. The van der Waals surface area contributed by atoms with Crippen LogP contribution >= 0.6 is 0 Å². The van der Waals surface area contributed by atoms with Crippen LogP contribution in [0.5, 0.6) is 0 Å². The summed E-state index contributed by atoms with van der Waals surface area (Å²) in [7, 11) is 0. The van der Waals surface area contributed by atoms with Gasteiger partial charge in [0.25, 0.3) is 0 Å². The number of amides is 2. The van der Waals surface area contributed by atoms with Crippen LogP contribution in [-0.2, 0) is 16.1 Å². The van der Waals surface area contributed by atoms with Crippen LogP contribution in [0.1, 0.15) is 30.5 Å². The Bertz CT molecular complexity index is 752. The van der Waals surface area contributed by atoms with Crippen LogP contribution in [0.4, 0.5) is 0 Å². The summed E-state index contributed by atoms with van der Waals surface area (Å²) < 4.78 is 1.90. The molecule has 1 aromatic carbocycles. The van der Waals surface area contributed by atoms with Gasteiger partial charge in [0.05, 0.1) is 18.8 Å². The number of fused-ring (bicyclic) bond motifs is 1. The Hall–Kier alpha value is -2.89. The molecule has 2 amide bonds. The first-order chi connectivity index (χ1) is 11.6. The number of hydrogen-bond acceptors (Lipinski definition) is 3. The second kappa shape index (κ2) is 7.12. The summed E-state index contributed by atoms with van der Waals surface area (Å²) in [5.41, 5.74) is 2.05. The smallest absolute Gasteiger partial charge is 0.223 e. The van der Waals surface area contributed by atoms with Crippen LogP contribution < -0.4 is 5.32 Å². The molecule has 124 valence electrons. The molecule has 3 rings (SSSR count). The third-order valence-electron chi connectivity index (χ3n) is 4.10. The van der Waals surface area contributed by atoms with E-state index in [1.165, 1.54) is 6.92 Å². The molecular formula is C18H20N4O2. The predicted molar refractivity (Wildman–Crippen MR) is 90.6 cm³/mol. The van der Waals surface area contributed by atoms with Crippen LogP contribution in [-0.4, -0.2) is 32.8 Å². The fourth-order valence-electron chi connectivity index (χ4n) is 2.90. The first-order valence-corrected chi connectivity index (χ1v) is 7.93. The summed E-state index contributed by atoms with van der Waals surface area (Å²) in [5, 5.41) is 2.91. The number of aromatic nitrogens is 2. The molecule has 1 aliphatic heterocycles. The number of imidazole rings is 1. The van der Waals surface area contributed by atoms with Crippen molar-refractivity contribution in [3.05, 3.63) is 60.3 Å². The van der Waals surface area contributed by atoms with Gasteiger partial charge in [-0.05, 0) is 17.2 Å². The lowest BCUT2D eigenvalue weighted by Gasteiger charge is -2.32. The monoisotopic (exact) mass is 324 g/mol. The highest BCUT2D eigenvalue weighted by atomic mass is 16.2. The highest BCUT2D eigenvalue weighted by Crippen LogP contribution is 2.32. The van der Waals surface area contributed by atoms with Gasteiger partial charge in [-0.15, -0.1) is 0 Å². The Kier molecular flexibility index (Phi) is 4.74. The molecule has 0 spiro atoms. The fourth-order valence-corrected chi connectivity index (χ4v) is 2.90. The molecule has 2 heterocycles. The number of nitrogens with zero attached hydrogens (tertiary/aromatic N) is 3. The van der Waals surface area contributed by atoms with Crippen molar-refractivity contribution in [2.24, 2.45) is 0 Å². The number of carbonyl (C=O) groups is 2. The molecule has 1 N–H and O–H groups in total. The van der Waals surface area contributed by atoms with Crippen molar-refractivity contribution >= 4 is 17.9 Å². The number of carbonyl (C=O) groups excluding carboxylic acids is 2. The van der Waals surface area contributed by atoms with E-state index in [0.29, 0.717) is 13.1 Å². The van der Waals surface area contributed by atoms with Crippen molar-refractivity contribution in [3.8, 4) is 0 Å². The minimum absolute atomic E-state index is 0.0723. The van der Waals surface area contributed by atoms with Crippen molar-refractivity contribution in [3.63, 3.8) is 0 Å². The molecule has 0 saturated carbocycles. The standard InChI is InChI=1S/C18H20N4O2/c1-14(23)22-9-6-15-4-2-3-5-16(15)17(22)12-18(24)20-8-11-21-10-7-19-13-21/h2-7,9-10,13,17H,8,11-12H2,1H3,(H,20,24). The summed E-state index contributed by atoms with van der Waals surface area (Å²) in [6, 6.07) is 7.58. The van der Waals surface area contributed by atoms with E-state index < -0.39 is 0 Å². The Balaban J connectivity index is 1.65. The van der Waals surface area contributed by atoms with Crippen LogP contribution in [0, 0.1) is 0 Å². The van der Waals surface area contributed by atoms with E-state index in [1.54, 1.807) is 23.6 Å². The molecule has 1 aliphatic rings. The minimum Gasteiger partial charge on any atom is -0.354 e. The van der Waals surface area contributed by atoms with E-state index in [-0.39, 0.29) is 24.3 Å². The van der Waals surface area contributed by atoms with E-state index in [9.17, 15) is 9.59 Å². The third kappa shape index (κ3) is 3.53. The van der Waals surface area contributed by atoms with Gasteiger partial charge < -0.3 is 14.8 Å². The summed E-state index contributed by atoms with van der Waals surface area (Å²) >= 11 is 0. The Morgan fingerprint density at radius 3 is 2.88 bits per heavy atom. The van der Waals surface area contributed by atoms with Crippen LogP contribution in [0.2, 0.25) is 0 Å². The first-order valence-electron chi connectivity index (χ1n) is 7.93. The van der Waals surface area contributed by atoms with E-state index in [1.807, 2.05) is 41.1 Å². The van der Waals surface area contributed by atoms with Crippen molar-refractivity contribution < 1.29 is 9.59 Å². The van der Waals surface area contributed by atoms with Gasteiger partial charge >= 0.3 is 0 Å². The molecule has 0 bridgehead atoms. The second-order valence-corrected chi connectivity index (χ2v) is 5.74. The number of benzene rings is 1. The maximum Gasteiger partial charge on any atom is 0.223 e. The molecule has 6 nitrogen and oxygen atoms in total. The Morgan fingerprint density at radius 2 is 2.12 bits per heavy atom. The van der Waals surface area contributed by atoms with Crippen molar-refractivity contribution in [2.45, 2.75) is 25.9 Å². The van der Waals surface area contributed by atoms with E-state index in [4.69, 9.17) is 0 Å². The van der Waals surface area contributed by atoms with Crippen molar-refractivity contribution in [2.75, 3.05) is 6.54 Å². The molecule has 0 fully saturated rings. The molecule has 1 aromatic heterocycles. The van der Waals surface area contributed by atoms with Gasteiger partial charge in [-0.3, -0.25) is 9.59 Å². The molecular weight excluding hydrogens is 304 g/mol. The number of rotatable bonds is 5. The second-order valence-electron chi connectivity index (χ2n) is 5.74. The van der Waals surface area contributed by atoms with Crippen LogP contribution in [0.25, 0.3) is 6.08 Å². The van der Waals surface area contributed by atoms with Gasteiger partial charge in [0.1, 0.15) is 0 Å². The Labute approximate surface area is 140 Å². The molecule has 2 aromatic rings. The van der Waals surface area contributed by atoms with Gasteiger partial charge in [0.15, 0.2) is 0 Å². The summed E-state index contributed by atoms with van der Waals surface area (Å²) in [5.74, 6) is -0.145. The van der Waals surface area contributed by atoms with E-state index in [0.717, 1.165) is 11.1 Å². The number of hydrogen-bond donors (Lipinski definition) is 1. The zero-order valence-corrected chi connectivity index (χ0v) is 13.6. The van der Waals surface area contributed by atoms with Gasteiger partial charge in [0, 0.05) is 38.6 Å². The topological polar surface area (TPSA) is 67.2 Å². The maximum absolute atomic E-state index is 12.3. The molecule has 24 heavy (non-hydrogen) atoms. The summed E-state index contributed by atoms with van der Waals surface area (Å²) in [4.78, 5) is 29.8. The van der Waals surface area contributed by atoms with Gasteiger partial charge in [-0.1, -0.05) is 24.3 Å². The SMILES string of the molecule is CC(=O)N1C=Cc2ccccc2C1CC(=O)NCCn1ccnc1. The number of nitrogens with one attached hydrogen (secondary N) is 1. The van der Waals surface area contributed by atoms with E-state index >= 15 is 0 Å². The summed E-state index contributed by atoms with van der Waals surface area (Å²) in [6.45, 7) is 2.71. The van der Waals surface area contributed by atoms with Gasteiger partial charge in [-0.25, -0.2) is 4.98 Å². The highest BCUT2D eigenvalue weighted by Gasteiger charge is 2.27. The minimum atomic E-state index is -0.267. The molecule has 6 heteroatoms. The summed E-state index contributed by atoms with van der Waals surface area (Å²) in [6.07, 6.45) is 9.18. The van der Waals surface area contributed by atoms with Crippen molar-refractivity contribution in [1.82, 2.24) is 19.8 Å². The molecule has 1 unspecified atom stereocenters. The molecule has 0 aliphatic carbocycles. The molecule has 1 atom stereocenters. The van der Waals surface area contributed by atoms with Gasteiger partial charge in [-0.2, -0.15) is 0 Å². The van der Waals surface area contributed by atoms with E-state index in [2.05, 4.69) is 10.3 Å². The lowest BCUT2D eigenvalue weighted by atomic mass is 9.93. The van der Waals surface area contributed by atoms with Crippen LogP contribution in [0.3, 0.4) is 0 Å². The first kappa shape index (κ1) is 16.0. The lowest BCUT2D eigenvalue weighted by molar-refractivity contribution is -0.129. The fraction of sp³-hybridized carbons (Fsp3) is 0.278. The normalized spacial score (nSPS) is 15.9. The lowest BCUT2D eigenvalue weighted by Crippen LogP contribution is -2.36. The quantitative estimate of drug-likeness (QED) is 0.914. The zero-order valence-electron chi connectivity index (χ0n) is 13.6. The van der Waals surface area contributed by atoms with Crippen LogP contribution in [0.15, 0.2) is 49.2 Å². The maximum atomic E-state index is 12.3. The molecule has 0 saturated heterocycles. The highest BCUT2D eigenvalue weighted by molar-refractivity contribution is 5.81.